The smallest absolute Gasteiger partial charge is 0.0909 e. The molecule has 0 bridgehead atoms. The normalized spacial score (nSPS) is 20.2. The van der Waals surface area contributed by atoms with Gasteiger partial charge in [0.15, 0.2) is 0 Å². The van der Waals surface area contributed by atoms with Crippen LogP contribution in [0.4, 0.5) is 0 Å². The van der Waals surface area contributed by atoms with Gasteiger partial charge < -0.3 is 10.2 Å². The van der Waals surface area contributed by atoms with E-state index in [1.807, 2.05) is 16.9 Å². The van der Waals surface area contributed by atoms with Gasteiger partial charge in [0.2, 0.25) is 0 Å². The number of nitrogens with zero attached hydrogens (tertiary/aromatic N) is 2. The van der Waals surface area contributed by atoms with Gasteiger partial charge in [0, 0.05) is 12.6 Å². The summed E-state index contributed by atoms with van der Waals surface area (Å²) in [6.45, 7) is 4.32. The minimum atomic E-state index is -0.906. The van der Waals surface area contributed by atoms with Gasteiger partial charge in [0.1, 0.15) is 0 Å². The fourth-order valence-corrected chi connectivity index (χ4v) is 3.24. The lowest BCUT2D eigenvalue weighted by Crippen LogP contribution is -2.45. The maximum absolute atomic E-state index is 10.5. The zero-order valence-electron chi connectivity index (χ0n) is 12.8. The molecular weight excluding hydrogens is 252 g/mol. The molecule has 1 aliphatic carbocycles. The number of aliphatic hydroxyl groups excluding tert-OH is 1. The van der Waals surface area contributed by atoms with Crippen LogP contribution in [0.1, 0.15) is 70.5 Å². The number of hydrogen-bond donors (Lipinski definition) is 2. The Hall–Kier alpha value is -0.870. The fourth-order valence-electron chi connectivity index (χ4n) is 3.24. The van der Waals surface area contributed by atoms with Crippen molar-refractivity contribution in [3.63, 3.8) is 0 Å². The van der Waals surface area contributed by atoms with Crippen molar-refractivity contribution in [3.05, 3.63) is 18.0 Å². The van der Waals surface area contributed by atoms with Gasteiger partial charge in [-0.25, -0.2) is 0 Å². The predicted octanol–water partition coefficient (Wildman–Crippen LogP) is 2.84. The van der Waals surface area contributed by atoms with Crippen LogP contribution in [0.15, 0.2) is 12.3 Å². The highest BCUT2D eigenvalue weighted by atomic mass is 16.3. The van der Waals surface area contributed by atoms with Crippen molar-refractivity contribution in [2.45, 2.75) is 83.0 Å². The molecule has 1 heterocycles. The molecule has 1 aromatic rings. The van der Waals surface area contributed by atoms with E-state index >= 15 is 0 Å². The molecule has 0 aromatic carbocycles. The van der Waals surface area contributed by atoms with Crippen LogP contribution in [0, 0.1) is 0 Å². The summed E-state index contributed by atoms with van der Waals surface area (Å²) < 4.78 is 1.99. The zero-order chi connectivity index (χ0) is 14.6. The topological polar surface area (TPSA) is 58.3 Å². The molecule has 1 aromatic heterocycles. The molecule has 0 amide bonds. The van der Waals surface area contributed by atoms with Crippen molar-refractivity contribution in [1.82, 2.24) is 9.78 Å². The van der Waals surface area contributed by atoms with E-state index in [0.29, 0.717) is 25.3 Å². The Bertz CT molecular complexity index is 406. The minimum absolute atomic E-state index is 0.429. The summed E-state index contributed by atoms with van der Waals surface area (Å²) in [5.41, 5.74) is -0.0277. The van der Waals surface area contributed by atoms with Crippen molar-refractivity contribution in [1.29, 1.82) is 0 Å². The van der Waals surface area contributed by atoms with Gasteiger partial charge in [0.05, 0.1) is 23.4 Å². The van der Waals surface area contributed by atoms with Crippen LogP contribution in [0.2, 0.25) is 0 Å². The maximum Gasteiger partial charge on any atom is 0.0909 e. The highest BCUT2D eigenvalue weighted by Gasteiger charge is 2.37. The number of aliphatic hydroxyl groups is 2. The third kappa shape index (κ3) is 3.41. The second kappa shape index (κ2) is 6.72. The van der Waals surface area contributed by atoms with E-state index < -0.39 is 11.7 Å². The third-order valence-electron chi connectivity index (χ3n) is 4.72. The van der Waals surface area contributed by atoms with Crippen molar-refractivity contribution in [2.75, 3.05) is 0 Å². The lowest BCUT2D eigenvalue weighted by molar-refractivity contribution is -0.0964. The Morgan fingerprint density at radius 3 is 2.50 bits per heavy atom. The molecule has 1 aliphatic rings. The third-order valence-corrected chi connectivity index (χ3v) is 4.72. The van der Waals surface area contributed by atoms with E-state index in [1.54, 1.807) is 0 Å². The first-order chi connectivity index (χ1) is 9.59. The minimum Gasteiger partial charge on any atom is -0.390 e. The Labute approximate surface area is 121 Å². The average Bonchev–Trinajstić information content (AvgIpc) is 2.89. The molecule has 1 atom stereocenters. The summed E-state index contributed by atoms with van der Waals surface area (Å²) in [6, 6.07) is 2.40. The second-order valence-electron chi connectivity index (χ2n) is 6.14. The van der Waals surface area contributed by atoms with Crippen LogP contribution < -0.4 is 0 Å². The van der Waals surface area contributed by atoms with E-state index in [9.17, 15) is 10.2 Å². The molecule has 4 heteroatoms. The molecule has 1 saturated carbocycles. The summed E-state index contributed by atoms with van der Waals surface area (Å²) in [7, 11) is 0. The lowest BCUT2D eigenvalue weighted by atomic mass is 9.79. The van der Waals surface area contributed by atoms with E-state index in [1.165, 1.54) is 6.42 Å². The summed E-state index contributed by atoms with van der Waals surface area (Å²) >= 11 is 0. The van der Waals surface area contributed by atoms with Crippen LogP contribution in [-0.2, 0) is 6.42 Å². The molecule has 0 radical (unpaired) electrons. The number of rotatable bonds is 6. The Kier molecular flexibility index (Phi) is 5.22. The second-order valence-corrected chi connectivity index (χ2v) is 6.14. The van der Waals surface area contributed by atoms with Gasteiger partial charge >= 0.3 is 0 Å². The SMILES string of the molecule is CCC(CC)n1ccc(CC(O)C2(O)CCCCC2)n1. The van der Waals surface area contributed by atoms with Crippen LogP contribution >= 0.6 is 0 Å². The van der Waals surface area contributed by atoms with Crippen molar-refractivity contribution >= 4 is 0 Å². The molecule has 1 unspecified atom stereocenters. The Balaban J connectivity index is 1.99. The van der Waals surface area contributed by atoms with Crippen molar-refractivity contribution in [2.24, 2.45) is 0 Å². The van der Waals surface area contributed by atoms with Gasteiger partial charge in [-0.3, -0.25) is 4.68 Å². The van der Waals surface area contributed by atoms with Gasteiger partial charge in [-0.15, -0.1) is 0 Å². The first kappa shape index (κ1) is 15.5. The van der Waals surface area contributed by atoms with Gasteiger partial charge in [-0.05, 0) is 31.7 Å². The summed E-state index contributed by atoms with van der Waals surface area (Å²) in [4.78, 5) is 0. The molecule has 4 nitrogen and oxygen atoms in total. The predicted molar refractivity (Wildman–Crippen MR) is 79.6 cm³/mol. The Morgan fingerprint density at radius 2 is 1.90 bits per heavy atom. The monoisotopic (exact) mass is 280 g/mol. The molecule has 1 fully saturated rings. The lowest BCUT2D eigenvalue weighted by Gasteiger charge is -2.36. The van der Waals surface area contributed by atoms with Crippen LogP contribution in [-0.4, -0.2) is 31.7 Å². The molecule has 0 spiro atoms. The van der Waals surface area contributed by atoms with E-state index in [0.717, 1.165) is 31.4 Å². The van der Waals surface area contributed by atoms with Crippen LogP contribution in [0.25, 0.3) is 0 Å². The highest BCUT2D eigenvalue weighted by molar-refractivity contribution is 5.04. The fraction of sp³-hybridized carbons (Fsp3) is 0.812. The molecule has 2 rings (SSSR count). The molecule has 2 N–H and O–H groups in total. The van der Waals surface area contributed by atoms with Crippen molar-refractivity contribution in [3.8, 4) is 0 Å². The zero-order valence-corrected chi connectivity index (χ0v) is 12.8. The molecule has 20 heavy (non-hydrogen) atoms. The molecule has 114 valence electrons. The molecule has 0 saturated heterocycles. The summed E-state index contributed by atoms with van der Waals surface area (Å²) in [5.74, 6) is 0. The van der Waals surface area contributed by atoms with E-state index in [4.69, 9.17) is 0 Å². The van der Waals surface area contributed by atoms with E-state index in [-0.39, 0.29) is 0 Å². The quantitative estimate of drug-likeness (QED) is 0.842. The van der Waals surface area contributed by atoms with Gasteiger partial charge in [0.25, 0.3) is 0 Å². The largest absolute Gasteiger partial charge is 0.390 e. The molecular formula is C16H28N2O2. The Morgan fingerprint density at radius 1 is 1.25 bits per heavy atom. The summed E-state index contributed by atoms with van der Waals surface area (Å²) in [6.07, 6.45) is 8.46. The maximum atomic E-state index is 10.5. The molecule has 0 aliphatic heterocycles. The van der Waals surface area contributed by atoms with Crippen molar-refractivity contribution < 1.29 is 10.2 Å². The van der Waals surface area contributed by atoms with Gasteiger partial charge in [-0.1, -0.05) is 33.1 Å². The standard InChI is InChI=1S/C16H28N2O2/c1-3-14(4-2)18-11-8-13(17-18)12-15(19)16(20)9-6-5-7-10-16/h8,11,14-15,19-20H,3-7,9-10,12H2,1-2H3. The first-order valence-corrected chi connectivity index (χ1v) is 8.03. The number of hydrogen-bond acceptors (Lipinski definition) is 3. The highest BCUT2D eigenvalue weighted by Crippen LogP contribution is 2.32. The van der Waals surface area contributed by atoms with Crippen LogP contribution in [0.5, 0.6) is 0 Å². The van der Waals surface area contributed by atoms with E-state index in [2.05, 4.69) is 18.9 Å². The first-order valence-electron chi connectivity index (χ1n) is 8.03. The van der Waals surface area contributed by atoms with Gasteiger partial charge in [-0.2, -0.15) is 5.10 Å². The summed E-state index contributed by atoms with van der Waals surface area (Å²) in [5, 5.41) is 25.4. The average molecular weight is 280 g/mol. The van der Waals surface area contributed by atoms with Crippen LogP contribution in [0.3, 0.4) is 0 Å². The number of aromatic nitrogens is 2.